The monoisotopic (exact) mass is 479 g/mol. The van der Waals surface area contributed by atoms with Crippen LogP contribution in [-0.4, -0.2) is 46.4 Å². The molecule has 2 amide bonds. The molecular weight excluding hydrogens is 446 g/mol. The summed E-state index contributed by atoms with van der Waals surface area (Å²) in [5, 5.41) is 5.87. The van der Waals surface area contributed by atoms with Crippen LogP contribution in [0, 0.1) is 12.3 Å². The van der Waals surface area contributed by atoms with Gasteiger partial charge in [0.2, 0.25) is 0 Å². The largest absolute Gasteiger partial charge is 0.491 e. The number of terminal acetylenes is 1. The van der Waals surface area contributed by atoms with E-state index in [9.17, 15) is 9.59 Å². The normalized spacial score (nSPS) is 18.4. The van der Waals surface area contributed by atoms with Crippen LogP contribution in [0.5, 0.6) is 5.75 Å². The second kappa shape index (κ2) is 10.6. The number of likely N-dealkylation sites (tertiary alicyclic amines) is 1. The fraction of sp³-hybridized carbons (Fsp3) is 0.519. The van der Waals surface area contributed by atoms with Crippen molar-refractivity contribution in [2.24, 2.45) is 0 Å². The number of thiazole rings is 1. The zero-order valence-electron chi connectivity index (χ0n) is 20.0. The Hall–Kier alpha value is -2.85. The minimum atomic E-state index is -0.538. The zero-order chi connectivity index (χ0) is 24.1. The number of benzene rings is 1. The third-order valence-corrected chi connectivity index (χ3v) is 7.70. The number of nitrogens with one attached hydrogen (secondary N) is 1. The number of ether oxygens (including phenoxy) is 1. The summed E-state index contributed by atoms with van der Waals surface area (Å²) in [5.74, 6) is 3.72. The maximum atomic E-state index is 12.9. The predicted molar refractivity (Wildman–Crippen MR) is 134 cm³/mol. The summed E-state index contributed by atoms with van der Waals surface area (Å²) in [6.45, 7) is 5.31. The van der Waals surface area contributed by atoms with Gasteiger partial charge in [0.1, 0.15) is 17.0 Å². The molecule has 1 aromatic carbocycles. The minimum Gasteiger partial charge on any atom is -0.491 e. The van der Waals surface area contributed by atoms with Crippen molar-refractivity contribution in [2.75, 3.05) is 13.1 Å². The lowest BCUT2D eigenvalue weighted by atomic mass is 9.82. The smallest absolute Gasteiger partial charge is 0.271 e. The second-order valence-corrected chi connectivity index (χ2v) is 10.5. The molecular formula is C27H33N3O3S. The molecule has 34 heavy (non-hydrogen) atoms. The van der Waals surface area contributed by atoms with Crippen LogP contribution in [0.1, 0.15) is 90.6 Å². The standard InChI is InChI=1S/C27H33N3O3S/c1-4-27(14-6-5-7-15-27)29-24(31)23-18-34-25(28-23)20-12-16-30(17-13-20)26(32)21-8-10-22(11-9-21)33-19(2)3/h1,8-11,18-20H,5-7,12-17H2,2-3H3,(H,29,31). The highest BCUT2D eigenvalue weighted by Gasteiger charge is 2.33. The number of aromatic nitrogens is 1. The van der Waals surface area contributed by atoms with Crippen LogP contribution in [0.15, 0.2) is 29.6 Å². The van der Waals surface area contributed by atoms with E-state index in [4.69, 9.17) is 11.2 Å². The number of nitrogens with zero attached hydrogens (tertiary/aromatic N) is 2. The van der Waals surface area contributed by atoms with E-state index >= 15 is 0 Å². The highest BCUT2D eigenvalue weighted by Crippen LogP contribution is 2.32. The average Bonchev–Trinajstić information content (AvgIpc) is 3.35. The van der Waals surface area contributed by atoms with Crippen molar-refractivity contribution in [1.29, 1.82) is 0 Å². The molecule has 2 fully saturated rings. The van der Waals surface area contributed by atoms with Gasteiger partial charge < -0.3 is 15.0 Å². The highest BCUT2D eigenvalue weighted by atomic mass is 32.1. The fourth-order valence-corrected chi connectivity index (χ4v) is 5.75. The van der Waals surface area contributed by atoms with Gasteiger partial charge in [-0.15, -0.1) is 17.8 Å². The lowest BCUT2D eigenvalue weighted by Crippen LogP contribution is -2.48. The first-order valence-electron chi connectivity index (χ1n) is 12.2. The van der Waals surface area contributed by atoms with Gasteiger partial charge in [0, 0.05) is 30.0 Å². The topological polar surface area (TPSA) is 71.5 Å². The Morgan fingerprint density at radius 1 is 1.18 bits per heavy atom. The maximum Gasteiger partial charge on any atom is 0.271 e. The molecule has 0 radical (unpaired) electrons. The lowest BCUT2D eigenvalue weighted by Gasteiger charge is -2.33. The van der Waals surface area contributed by atoms with Crippen LogP contribution in [0.4, 0.5) is 0 Å². The van der Waals surface area contributed by atoms with E-state index < -0.39 is 5.54 Å². The average molecular weight is 480 g/mol. The SMILES string of the molecule is C#CC1(NC(=O)c2csc(C3CCN(C(=O)c4ccc(OC(C)C)cc4)CC3)n2)CCCCC1. The molecule has 0 spiro atoms. The molecule has 4 rings (SSSR count). The molecule has 2 aromatic rings. The van der Waals surface area contributed by atoms with Crippen LogP contribution in [-0.2, 0) is 0 Å². The van der Waals surface area contributed by atoms with Crippen molar-refractivity contribution in [3.05, 3.63) is 45.9 Å². The van der Waals surface area contributed by atoms with Gasteiger partial charge in [0.05, 0.1) is 11.1 Å². The van der Waals surface area contributed by atoms with E-state index in [1.54, 1.807) is 0 Å². The molecule has 1 N–H and O–H groups in total. The Morgan fingerprint density at radius 2 is 1.85 bits per heavy atom. The van der Waals surface area contributed by atoms with E-state index in [0.717, 1.165) is 49.3 Å². The first kappa shape index (κ1) is 24.3. The Labute approximate surface area is 206 Å². The molecule has 180 valence electrons. The van der Waals surface area contributed by atoms with Gasteiger partial charge in [-0.1, -0.05) is 25.2 Å². The first-order chi connectivity index (χ1) is 16.4. The van der Waals surface area contributed by atoms with Gasteiger partial charge >= 0.3 is 0 Å². The Morgan fingerprint density at radius 3 is 2.47 bits per heavy atom. The van der Waals surface area contributed by atoms with Gasteiger partial charge in [-0.2, -0.15) is 0 Å². The Bertz CT molecular complexity index is 1040. The van der Waals surface area contributed by atoms with E-state index in [1.165, 1.54) is 17.8 Å². The third kappa shape index (κ3) is 5.61. The van der Waals surface area contributed by atoms with Crippen molar-refractivity contribution in [1.82, 2.24) is 15.2 Å². The van der Waals surface area contributed by atoms with Crippen molar-refractivity contribution < 1.29 is 14.3 Å². The number of hydrogen-bond donors (Lipinski definition) is 1. The van der Waals surface area contributed by atoms with Crippen LogP contribution in [0.2, 0.25) is 0 Å². The summed E-state index contributed by atoms with van der Waals surface area (Å²) in [6.07, 6.45) is 12.4. The molecule has 0 atom stereocenters. The summed E-state index contributed by atoms with van der Waals surface area (Å²) in [7, 11) is 0. The van der Waals surface area contributed by atoms with E-state index in [0.29, 0.717) is 24.3 Å². The molecule has 1 aromatic heterocycles. The van der Waals surface area contributed by atoms with Crippen LogP contribution in [0.3, 0.4) is 0 Å². The third-order valence-electron chi connectivity index (χ3n) is 6.70. The molecule has 1 aliphatic heterocycles. The Balaban J connectivity index is 1.32. The van der Waals surface area contributed by atoms with Gasteiger partial charge in [-0.05, 0) is 63.8 Å². The molecule has 1 aliphatic carbocycles. The number of rotatable bonds is 6. The van der Waals surface area contributed by atoms with E-state index in [1.807, 2.05) is 48.4 Å². The highest BCUT2D eigenvalue weighted by molar-refractivity contribution is 7.09. The number of piperidine rings is 1. The van der Waals surface area contributed by atoms with E-state index in [2.05, 4.69) is 16.2 Å². The van der Waals surface area contributed by atoms with Crippen molar-refractivity contribution in [3.63, 3.8) is 0 Å². The molecule has 7 heteroatoms. The Kier molecular flexibility index (Phi) is 7.57. The van der Waals surface area contributed by atoms with Gasteiger partial charge in [0.25, 0.3) is 11.8 Å². The maximum absolute atomic E-state index is 12.9. The molecule has 1 saturated heterocycles. The molecule has 0 bridgehead atoms. The molecule has 2 heterocycles. The van der Waals surface area contributed by atoms with Crippen LogP contribution >= 0.6 is 11.3 Å². The lowest BCUT2D eigenvalue weighted by molar-refractivity contribution is 0.0713. The predicted octanol–water partition coefficient (Wildman–Crippen LogP) is 5.02. The minimum absolute atomic E-state index is 0.0424. The van der Waals surface area contributed by atoms with Gasteiger partial charge in [0.15, 0.2) is 0 Å². The van der Waals surface area contributed by atoms with Crippen LogP contribution < -0.4 is 10.1 Å². The van der Waals surface area contributed by atoms with Gasteiger partial charge in [-0.25, -0.2) is 4.98 Å². The van der Waals surface area contributed by atoms with E-state index in [-0.39, 0.29) is 23.8 Å². The van der Waals surface area contributed by atoms with Crippen LogP contribution in [0.25, 0.3) is 0 Å². The number of amides is 2. The molecule has 1 saturated carbocycles. The fourth-order valence-electron chi connectivity index (χ4n) is 4.78. The number of carbonyl (C=O) groups is 2. The molecule has 6 nitrogen and oxygen atoms in total. The summed E-state index contributed by atoms with van der Waals surface area (Å²) in [4.78, 5) is 32.3. The summed E-state index contributed by atoms with van der Waals surface area (Å²) < 4.78 is 5.66. The second-order valence-electron chi connectivity index (χ2n) is 9.57. The van der Waals surface area contributed by atoms with Crippen molar-refractivity contribution in [2.45, 2.75) is 76.4 Å². The van der Waals surface area contributed by atoms with Crippen molar-refractivity contribution >= 4 is 23.2 Å². The quantitative estimate of drug-likeness (QED) is 0.591. The van der Waals surface area contributed by atoms with Crippen molar-refractivity contribution in [3.8, 4) is 18.1 Å². The summed E-state index contributed by atoms with van der Waals surface area (Å²) in [5.41, 5.74) is 0.583. The first-order valence-corrected chi connectivity index (χ1v) is 13.1. The molecule has 0 unspecified atom stereocenters. The number of carbonyl (C=O) groups excluding carboxylic acids is 2. The summed E-state index contributed by atoms with van der Waals surface area (Å²) in [6, 6.07) is 7.35. The zero-order valence-corrected chi connectivity index (χ0v) is 20.8. The number of hydrogen-bond acceptors (Lipinski definition) is 5. The molecule has 2 aliphatic rings. The van der Waals surface area contributed by atoms with Gasteiger partial charge in [-0.3, -0.25) is 9.59 Å². The summed E-state index contributed by atoms with van der Waals surface area (Å²) >= 11 is 1.52.